The number of H-pyrrole nitrogens is 1. The monoisotopic (exact) mass is 463 g/mol. The van der Waals surface area contributed by atoms with Gasteiger partial charge in [-0.2, -0.15) is 5.10 Å². The number of rotatable bonds is 9. The molecule has 11 heteroatoms. The molecule has 4 rings (SSSR count). The summed E-state index contributed by atoms with van der Waals surface area (Å²) in [7, 11) is 0. The van der Waals surface area contributed by atoms with Gasteiger partial charge in [-0.15, -0.1) is 0 Å². The van der Waals surface area contributed by atoms with Crippen molar-refractivity contribution in [3.63, 3.8) is 0 Å². The number of hydrogen-bond donors (Lipinski definition) is 3. The molecule has 0 unspecified atom stereocenters. The minimum absolute atomic E-state index is 0.0735. The molecule has 4 aromatic rings. The lowest BCUT2D eigenvalue weighted by molar-refractivity contribution is 0.0860. The molecule has 3 aromatic heterocycles. The summed E-state index contributed by atoms with van der Waals surface area (Å²) in [5.41, 5.74) is 1.41. The Kier molecular flexibility index (Phi) is 6.57. The largest absolute Gasteiger partial charge is 0.443 e. The average molecular weight is 464 g/mol. The number of ether oxygens (including phenoxy) is 1. The van der Waals surface area contributed by atoms with E-state index >= 15 is 0 Å². The van der Waals surface area contributed by atoms with Gasteiger partial charge in [-0.25, -0.2) is 4.98 Å². The van der Waals surface area contributed by atoms with Crippen molar-refractivity contribution in [3.8, 4) is 11.6 Å². The van der Waals surface area contributed by atoms with E-state index in [0.29, 0.717) is 58.0 Å². The second-order valence-corrected chi connectivity index (χ2v) is 7.44. The minimum atomic E-state index is -0.318. The van der Waals surface area contributed by atoms with Crippen molar-refractivity contribution < 1.29 is 14.3 Å². The summed E-state index contributed by atoms with van der Waals surface area (Å²) in [6.45, 7) is 1.19. The van der Waals surface area contributed by atoms with Crippen LogP contribution in [-0.4, -0.2) is 44.7 Å². The number of aliphatic hydroxyl groups excluding tert-OH is 1. The van der Waals surface area contributed by atoms with Crippen LogP contribution < -0.4 is 10.9 Å². The van der Waals surface area contributed by atoms with Crippen LogP contribution in [0.3, 0.4) is 0 Å². The van der Waals surface area contributed by atoms with E-state index in [1.165, 1.54) is 12.5 Å². The first kappa shape index (κ1) is 21.4. The van der Waals surface area contributed by atoms with Gasteiger partial charge in [0, 0.05) is 11.9 Å². The standard InChI is InChI=1S/C20H19Cl2N5O4/c21-14-2-1-12(9-15(14)22)11-24-16-10-13-17(20-23-3-6-31-20)26-27(4-7-30-8-5-28)18(13)19(29)25-16/h1-3,6,9-10,28H,4-5,7-8,11H2,(H2,24,25,29). The number of nitrogens with one attached hydrogen (secondary N) is 2. The van der Waals surface area contributed by atoms with Crippen LogP contribution in [0.25, 0.3) is 22.5 Å². The van der Waals surface area contributed by atoms with E-state index < -0.39 is 0 Å². The first-order chi connectivity index (χ1) is 15.1. The molecule has 0 aliphatic heterocycles. The Hall–Kier alpha value is -2.85. The summed E-state index contributed by atoms with van der Waals surface area (Å²) in [6, 6.07) is 7.11. The Labute approximate surface area is 186 Å². The van der Waals surface area contributed by atoms with Crippen LogP contribution in [0, 0.1) is 0 Å². The van der Waals surface area contributed by atoms with E-state index in [-0.39, 0.29) is 18.8 Å². The zero-order valence-electron chi connectivity index (χ0n) is 16.3. The molecule has 0 aliphatic carbocycles. The van der Waals surface area contributed by atoms with E-state index in [4.69, 9.17) is 37.5 Å². The van der Waals surface area contributed by atoms with Crippen LogP contribution in [0.4, 0.5) is 5.82 Å². The van der Waals surface area contributed by atoms with Crippen molar-refractivity contribution in [1.29, 1.82) is 0 Å². The van der Waals surface area contributed by atoms with Crippen LogP contribution in [0.15, 0.2) is 45.9 Å². The maximum atomic E-state index is 12.9. The number of oxazole rings is 1. The fourth-order valence-corrected chi connectivity index (χ4v) is 3.45. The number of aromatic nitrogens is 4. The molecule has 1 aromatic carbocycles. The lowest BCUT2D eigenvalue weighted by Gasteiger charge is -2.08. The third-order valence-corrected chi connectivity index (χ3v) is 5.26. The van der Waals surface area contributed by atoms with Gasteiger partial charge in [0.25, 0.3) is 5.56 Å². The third-order valence-electron chi connectivity index (χ3n) is 4.53. The van der Waals surface area contributed by atoms with Crippen LogP contribution in [-0.2, 0) is 17.8 Å². The van der Waals surface area contributed by atoms with E-state index in [1.54, 1.807) is 22.9 Å². The average Bonchev–Trinajstić information content (AvgIpc) is 3.40. The fraction of sp³-hybridized carbons (Fsp3) is 0.250. The SMILES string of the molecule is O=c1[nH]c(NCc2ccc(Cl)c(Cl)c2)cc2c(-c3ncco3)nn(CCOCCO)c12. The smallest absolute Gasteiger partial charge is 0.275 e. The number of aliphatic hydroxyl groups is 1. The third kappa shape index (κ3) is 4.75. The molecule has 0 saturated heterocycles. The topological polar surface area (TPSA) is 118 Å². The van der Waals surface area contributed by atoms with Crippen molar-refractivity contribution in [2.24, 2.45) is 0 Å². The normalized spacial score (nSPS) is 11.3. The number of hydrogen-bond acceptors (Lipinski definition) is 7. The predicted octanol–water partition coefficient (Wildman–Crippen LogP) is 3.31. The Morgan fingerprint density at radius 1 is 1.23 bits per heavy atom. The number of pyridine rings is 1. The lowest BCUT2D eigenvalue weighted by Crippen LogP contribution is -2.16. The van der Waals surface area contributed by atoms with Gasteiger partial charge in [0.05, 0.1) is 42.6 Å². The van der Waals surface area contributed by atoms with E-state index in [2.05, 4.69) is 20.4 Å². The highest BCUT2D eigenvalue weighted by atomic mass is 35.5. The fourth-order valence-electron chi connectivity index (χ4n) is 3.13. The Morgan fingerprint density at radius 2 is 2.10 bits per heavy atom. The first-order valence-electron chi connectivity index (χ1n) is 9.47. The maximum absolute atomic E-state index is 12.9. The van der Waals surface area contributed by atoms with Gasteiger partial charge in [-0.05, 0) is 23.8 Å². The van der Waals surface area contributed by atoms with Crippen molar-refractivity contribution in [3.05, 3.63) is 62.7 Å². The first-order valence-corrected chi connectivity index (χ1v) is 10.2. The highest BCUT2D eigenvalue weighted by Crippen LogP contribution is 2.27. The maximum Gasteiger partial charge on any atom is 0.275 e. The predicted molar refractivity (Wildman–Crippen MR) is 118 cm³/mol. The molecule has 3 heterocycles. The van der Waals surface area contributed by atoms with E-state index in [9.17, 15) is 4.79 Å². The van der Waals surface area contributed by atoms with Gasteiger partial charge in [0.1, 0.15) is 17.6 Å². The summed E-state index contributed by atoms with van der Waals surface area (Å²) < 4.78 is 12.3. The van der Waals surface area contributed by atoms with Crippen LogP contribution in [0.2, 0.25) is 10.0 Å². The van der Waals surface area contributed by atoms with Gasteiger partial charge < -0.3 is 24.6 Å². The Balaban J connectivity index is 1.66. The minimum Gasteiger partial charge on any atom is -0.443 e. The van der Waals surface area contributed by atoms with Gasteiger partial charge in [0.2, 0.25) is 5.89 Å². The van der Waals surface area contributed by atoms with Crippen LogP contribution in [0.1, 0.15) is 5.56 Å². The Morgan fingerprint density at radius 3 is 2.84 bits per heavy atom. The van der Waals surface area contributed by atoms with Crippen molar-refractivity contribution in [2.75, 3.05) is 25.1 Å². The number of halogens is 2. The Bertz CT molecular complexity index is 1240. The zero-order chi connectivity index (χ0) is 21.8. The lowest BCUT2D eigenvalue weighted by atomic mass is 10.2. The molecule has 0 aliphatic rings. The highest BCUT2D eigenvalue weighted by Gasteiger charge is 2.19. The van der Waals surface area contributed by atoms with Crippen LogP contribution >= 0.6 is 23.2 Å². The van der Waals surface area contributed by atoms with Gasteiger partial charge in [-0.1, -0.05) is 29.3 Å². The quantitative estimate of drug-likeness (QED) is 0.325. The molecular formula is C20H19Cl2N5O4. The molecule has 9 nitrogen and oxygen atoms in total. The summed E-state index contributed by atoms with van der Waals surface area (Å²) in [6.07, 6.45) is 2.96. The molecule has 0 fully saturated rings. The number of benzene rings is 1. The van der Waals surface area contributed by atoms with Crippen molar-refractivity contribution in [2.45, 2.75) is 13.1 Å². The molecule has 162 valence electrons. The highest BCUT2D eigenvalue weighted by molar-refractivity contribution is 6.42. The molecule has 3 N–H and O–H groups in total. The van der Waals surface area contributed by atoms with Crippen LogP contribution in [0.5, 0.6) is 0 Å². The number of nitrogens with zero attached hydrogens (tertiary/aromatic N) is 3. The second kappa shape index (κ2) is 9.52. The number of aromatic amines is 1. The summed E-state index contributed by atoms with van der Waals surface area (Å²) in [4.78, 5) is 19.9. The second-order valence-electron chi connectivity index (χ2n) is 6.62. The summed E-state index contributed by atoms with van der Waals surface area (Å²) >= 11 is 12.0. The summed E-state index contributed by atoms with van der Waals surface area (Å²) in [5, 5.41) is 18.1. The zero-order valence-corrected chi connectivity index (χ0v) is 17.8. The summed E-state index contributed by atoms with van der Waals surface area (Å²) in [5.74, 6) is 0.813. The van der Waals surface area contributed by atoms with E-state index in [0.717, 1.165) is 5.56 Å². The van der Waals surface area contributed by atoms with Gasteiger partial charge in [-0.3, -0.25) is 9.48 Å². The molecule has 0 bridgehead atoms. The van der Waals surface area contributed by atoms with Gasteiger partial charge >= 0.3 is 0 Å². The molecule has 0 radical (unpaired) electrons. The molecule has 0 atom stereocenters. The molecule has 0 spiro atoms. The molecular weight excluding hydrogens is 445 g/mol. The number of anilines is 1. The molecule has 0 amide bonds. The van der Waals surface area contributed by atoms with E-state index in [1.807, 2.05) is 6.07 Å². The molecule has 0 saturated carbocycles. The van der Waals surface area contributed by atoms with Crippen molar-refractivity contribution >= 4 is 39.9 Å². The van der Waals surface area contributed by atoms with Crippen molar-refractivity contribution in [1.82, 2.24) is 19.7 Å². The number of fused-ring (bicyclic) bond motifs is 1. The van der Waals surface area contributed by atoms with Gasteiger partial charge in [0.15, 0.2) is 5.69 Å². The molecule has 31 heavy (non-hydrogen) atoms.